The lowest BCUT2D eigenvalue weighted by Gasteiger charge is -2.30. The van der Waals surface area contributed by atoms with Gasteiger partial charge in [-0.25, -0.2) is 0 Å². The third-order valence-corrected chi connectivity index (χ3v) is 3.43. The number of nitrogens with zero attached hydrogens (tertiary/aromatic N) is 1. The molecule has 110 valence electrons. The normalized spacial score (nSPS) is 18.0. The van der Waals surface area contributed by atoms with Crippen LogP contribution in [-0.2, 0) is 9.59 Å². The minimum Gasteiger partial charge on any atom is -0.507 e. The predicted molar refractivity (Wildman–Crippen MR) is 71.8 cm³/mol. The number of benzene rings is 1. The number of phenols is 1. The second-order valence-corrected chi connectivity index (χ2v) is 4.74. The van der Waals surface area contributed by atoms with Crippen LogP contribution in [0.3, 0.4) is 0 Å². The Hall–Kier alpha value is -2.70. The zero-order valence-electron chi connectivity index (χ0n) is 11.3. The van der Waals surface area contributed by atoms with Crippen LogP contribution in [0.25, 0.3) is 0 Å². The molecule has 0 spiro atoms. The molecule has 1 aromatic carbocycles. The second-order valence-electron chi connectivity index (χ2n) is 4.74. The number of aldehydes is 1. The quantitative estimate of drug-likeness (QED) is 0.606. The number of nitrogens with one attached hydrogen (secondary N) is 1. The molecule has 21 heavy (non-hydrogen) atoms. The first-order chi connectivity index (χ1) is 9.95. The summed E-state index contributed by atoms with van der Waals surface area (Å²) >= 11 is 0. The fourth-order valence-electron chi connectivity index (χ4n) is 2.25. The summed E-state index contributed by atoms with van der Waals surface area (Å²) in [6.07, 6.45) is 0.762. The van der Waals surface area contributed by atoms with Crippen molar-refractivity contribution in [3.63, 3.8) is 0 Å². The van der Waals surface area contributed by atoms with E-state index < -0.39 is 17.9 Å². The summed E-state index contributed by atoms with van der Waals surface area (Å²) < 4.78 is 0. The van der Waals surface area contributed by atoms with E-state index in [1.807, 2.05) is 0 Å². The number of rotatable bonds is 3. The Morgan fingerprint density at radius 1 is 1.43 bits per heavy atom. The molecule has 3 amide bonds. The second kappa shape index (κ2) is 5.74. The molecule has 2 N–H and O–H groups in total. The summed E-state index contributed by atoms with van der Waals surface area (Å²) in [5, 5.41) is 11.8. The first-order valence-corrected chi connectivity index (χ1v) is 6.33. The highest BCUT2D eigenvalue weighted by atomic mass is 16.3. The van der Waals surface area contributed by atoms with Crippen LogP contribution in [0.15, 0.2) is 18.2 Å². The molecular formula is C14H14N2O5. The van der Waals surface area contributed by atoms with Gasteiger partial charge in [-0.2, -0.15) is 0 Å². The van der Waals surface area contributed by atoms with E-state index >= 15 is 0 Å². The summed E-state index contributed by atoms with van der Waals surface area (Å²) in [7, 11) is 1.42. The molecule has 1 aliphatic heterocycles. The van der Waals surface area contributed by atoms with Gasteiger partial charge in [-0.1, -0.05) is 6.07 Å². The van der Waals surface area contributed by atoms with E-state index in [-0.39, 0.29) is 35.6 Å². The molecule has 0 radical (unpaired) electrons. The largest absolute Gasteiger partial charge is 0.507 e. The molecule has 1 heterocycles. The Kier molecular flexibility index (Phi) is 4.02. The molecule has 1 saturated heterocycles. The maximum Gasteiger partial charge on any atom is 0.255 e. The van der Waals surface area contributed by atoms with Crippen LogP contribution in [0.5, 0.6) is 5.75 Å². The maximum absolute atomic E-state index is 12.4. The molecule has 1 unspecified atom stereocenters. The molecule has 1 aliphatic rings. The first kappa shape index (κ1) is 14.7. The molecule has 7 nitrogen and oxygen atoms in total. The zero-order chi connectivity index (χ0) is 15.6. The molecule has 0 aromatic heterocycles. The Labute approximate surface area is 120 Å². The average Bonchev–Trinajstić information content (AvgIpc) is 2.45. The summed E-state index contributed by atoms with van der Waals surface area (Å²) in [6, 6.07) is 3.35. The highest BCUT2D eigenvalue weighted by Gasteiger charge is 2.33. The van der Waals surface area contributed by atoms with Gasteiger partial charge in [-0.15, -0.1) is 0 Å². The first-order valence-electron chi connectivity index (χ1n) is 6.33. The topological polar surface area (TPSA) is 104 Å². The molecule has 1 atom stereocenters. The molecule has 7 heteroatoms. The van der Waals surface area contributed by atoms with E-state index in [4.69, 9.17) is 0 Å². The van der Waals surface area contributed by atoms with Crippen molar-refractivity contribution in [3.8, 4) is 5.75 Å². The highest BCUT2D eigenvalue weighted by molar-refractivity contribution is 6.06. The van der Waals surface area contributed by atoms with E-state index in [2.05, 4.69) is 5.32 Å². The van der Waals surface area contributed by atoms with Crippen molar-refractivity contribution >= 4 is 24.0 Å². The van der Waals surface area contributed by atoms with Gasteiger partial charge >= 0.3 is 0 Å². The van der Waals surface area contributed by atoms with Gasteiger partial charge in [0.05, 0.1) is 11.1 Å². The van der Waals surface area contributed by atoms with Gasteiger partial charge in [-0.05, 0) is 18.6 Å². The van der Waals surface area contributed by atoms with Crippen LogP contribution in [0.2, 0.25) is 0 Å². The Morgan fingerprint density at radius 3 is 2.76 bits per heavy atom. The average molecular weight is 290 g/mol. The lowest BCUT2D eigenvalue weighted by molar-refractivity contribution is -0.136. The van der Waals surface area contributed by atoms with Crippen molar-refractivity contribution < 1.29 is 24.3 Å². The van der Waals surface area contributed by atoms with Crippen molar-refractivity contribution in [3.05, 3.63) is 29.3 Å². The number of imide groups is 1. The van der Waals surface area contributed by atoms with E-state index in [0.29, 0.717) is 6.29 Å². The number of aromatic hydroxyl groups is 1. The summed E-state index contributed by atoms with van der Waals surface area (Å²) in [5.74, 6) is -1.78. The minimum absolute atomic E-state index is 0.0113. The fourth-order valence-corrected chi connectivity index (χ4v) is 2.25. The van der Waals surface area contributed by atoms with Crippen LogP contribution in [-0.4, -0.2) is 47.1 Å². The van der Waals surface area contributed by atoms with Gasteiger partial charge in [0.2, 0.25) is 11.8 Å². The van der Waals surface area contributed by atoms with E-state index in [0.717, 1.165) is 0 Å². The molecule has 0 saturated carbocycles. The number of phenolic OH excluding ortho intramolecular Hbond substituents is 1. The minimum atomic E-state index is -0.781. The highest BCUT2D eigenvalue weighted by Crippen LogP contribution is 2.22. The van der Waals surface area contributed by atoms with Crippen molar-refractivity contribution in [2.24, 2.45) is 0 Å². The number of carbonyl (C=O) groups excluding carboxylic acids is 4. The van der Waals surface area contributed by atoms with E-state index in [9.17, 15) is 24.3 Å². The van der Waals surface area contributed by atoms with Crippen molar-refractivity contribution in [2.45, 2.75) is 18.9 Å². The molecule has 2 rings (SSSR count). The molecule has 0 aliphatic carbocycles. The smallest absolute Gasteiger partial charge is 0.255 e. The van der Waals surface area contributed by atoms with Crippen molar-refractivity contribution in [2.75, 3.05) is 7.05 Å². The van der Waals surface area contributed by atoms with Gasteiger partial charge in [0.15, 0.2) is 6.29 Å². The van der Waals surface area contributed by atoms with Crippen LogP contribution >= 0.6 is 0 Å². The Balaban J connectivity index is 2.28. The summed E-state index contributed by atoms with van der Waals surface area (Å²) in [4.78, 5) is 47.4. The molecule has 1 aromatic rings. The monoisotopic (exact) mass is 290 g/mol. The van der Waals surface area contributed by atoms with Gasteiger partial charge in [0.25, 0.3) is 5.91 Å². The fraction of sp³-hybridized carbons (Fsp3) is 0.286. The van der Waals surface area contributed by atoms with E-state index in [1.165, 1.54) is 30.1 Å². The van der Waals surface area contributed by atoms with Crippen LogP contribution in [0.4, 0.5) is 0 Å². The summed E-state index contributed by atoms with van der Waals surface area (Å²) in [5.41, 5.74) is -0.112. The number of hydrogen-bond donors (Lipinski definition) is 2. The number of carbonyl (C=O) groups is 4. The number of likely N-dealkylation sites (N-methyl/N-ethyl adjacent to an activating group) is 1. The molecule has 1 fully saturated rings. The Bertz CT molecular complexity index is 626. The maximum atomic E-state index is 12.4. The Morgan fingerprint density at radius 2 is 2.14 bits per heavy atom. The lowest BCUT2D eigenvalue weighted by Crippen LogP contribution is -2.53. The van der Waals surface area contributed by atoms with Gasteiger partial charge in [0, 0.05) is 13.5 Å². The third kappa shape index (κ3) is 2.76. The third-order valence-electron chi connectivity index (χ3n) is 3.43. The van der Waals surface area contributed by atoms with Crippen molar-refractivity contribution in [1.82, 2.24) is 10.2 Å². The van der Waals surface area contributed by atoms with Crippen LogP contribution < -0.4 is 5.32 Å². The lowest BCUT2D eigenvalue weighted by atomic mass is 10.0. The van der Waals surface area contributed by atoms with Crippen LogP contribution in [0, 0.1) is 0 Å². The molecule has 0 bridgehead atoms. The summed E-state index contributed by atoms with van der Waals surface area (Å²) in [6.45, 7) is 0. The van der Waals surface area contributed by atoms with E-state index in [1.54, 1.807) is 0 Å². The molecular weight excluding hydrogens is 276 g/mol. The van der Waals surface area contributed by atoms with Crippen molar-refractivity contribution in [1.29, 1.82) is 0 Å². The van der Waals surface area contributed by atoms with Gasteiger partial charge in [0.1, 0.15) is 11.8 Å². The number of hydrogen-bond acceptors (Lipinski definition) is 5. The number of amides is 3. The van der Waals surface area contributed by atoms with Crippen LogP contribution in [0.1, 0.15) is 33.6 Å². The zero-order valence-corrected chi connectivity index (χ0v) is 11.3. The number of piperidine rings is 1. The predicted octanol–water partition coefficient (Wildman–Crippen LogP) is 0.0819. The standard InChI is InChI=1S/C14H14N2O5/c1-16(10-5-6-12(19)15-13(10)20)14(21)8-3-2-4-11(18)9(8)7-17/h2-4,7,10,18H,5-6H2,1H3,(H,15,19,20). The SMILES string of the molecule is CN(C(=O)c1cccc(O)c1C=O)C1CCC(=O)NC1=O. The van der Waals surface area contributed by atoms with Gasteiger partial charge in [-0.3, -0.25) is 24.5 Å². The van der Waals surface area contributed by atoms with Gasteiger partial charge < -0.3 is 10.0 Å².